The molecule has 0 aliphatic carbocycles. The fraction of sp³-hybridized carbons (Fsp3) is 0.467. The molecule has 0 unspecified atom stereocenters. The zero-order chi connectivity index (χ0) is 22.2. The molecule has 0 radical (unpaired) electrons. The lowest BCUT2D eigenvalue weighted by atomic mass is 10.3. The number of rotatable bonds is 6. The lowest BCUT2D eigenvalue weighted by molar-refractivity contribution is -0.192. The number of aliphatic hydroxyl groups is 1. The monoisotopic (exact) mass is 445 g/mol. The largest absolute Gasteiger partial charge is 0.490 e. The maximum atomic E-state index is 12.3. The van der Waals surface area contributed by atoms with Crippen molar-refractivity contribution in [2.24, 2.45) is 5.73 Å². The van der Waals surface area contributed by atoms with Crippen LogP contribution in [0.2, 0.25) is 0 Å². The predicted molar refractivity (Wildman–Crippen MR) is 91.1 cm³/mol. The molecule has 1 aromatic heterocycles. The molecule has 1 fully saturated rings. The number of carbonyl (C=O) groups is 1. The Morgan fingerprint density at radius 2 is 2.03 bits per heavy atom. The summed E-state index contributed by atoms with van der Waals surface area (Å²) in [6.45, 7) is 0.343. The molecular weight excluding hydrogens is 426 g/mol. The third-order valence-corrected chi connectivity index (χ3v) is 5.39. The summed E-state index contributed by atoms with van der Waals surface area (Å²) >= 11 is 0. The Kier molecular flexibility index (Phi) is 8.94. The highest BCUT2D eigenvalue weighted by Gasteiger charge is 2.38. The van der Waals surface area contributed by atoms with Gasteiger partial charge >= 0.3 is 12.1 Å². The SMILES string of the molecule is NC/C(=C\F)COc1ccc(S(=O)(=O)N2CC[C@@H](O)C2)cn1.O=C(O)C(F)(F)F. The van der Waals surface area contributed by atoms with Crippen molar-refractivity contribution in [3.8, 4) is 5.88 Å². The minimum atomic E-state index is -5.08. The van der Waals surface area contributed by atoms with E-state index in [-0.39, 0.29) is 42.6 Å². The van der Waals surface area contributed by atoms with Gasteiger partial charge in [0.1, 0.15) is 11.5 Å². The van der Waals surface area contributed by atoms with Gasteiger partial charge in [0.25, 0.3) is 0 Å². The average molecular weight is 445 g/mol. The second-order valence-electron chi connectivity index (χ2n) is 5.70. The summed E-state index contributed by atoms with van der Waals surface area (Å²) in [4.78, 5) is 12.8. The predicted octanol–water partition coefficient (Wildman–Crippen LogP) is 0.661. The molecule has 1 saturated heterocycles. The molecule has 0 aromatic carbocycles. The van der Waals surface area contributed by atoms with Crippen molar-refractivity contribution in [1.82, 2.24) is 9.29 Å². The molecule has 2 rings (SSSR count). The molecular formula is C15H19F4N3O6S. The molecule has 0 saturated carbocycles. The molecule has 4 N–H and O–H groups in total. The van der Waals surface area contributed by atoms with E-state index < -0.39 is 28.3 Å². The van der Waals surface area contributed by atoms with E-state index in [1.54, 1.807) is 0 Å². The van der Waals surface area contributed by atoms with Gasteiger partial charge in [-0.15, -0.1) is 0 Å². The molecule has 14 heteroatoms. The molecule has 0 bridgehead atoms. The smallest absolute Gasteiger partial charge is 0.475 e. The number of aliphatic hydroxyl groups excluding tert-OH is 1. The number of pyridine rings is 1. The van der Waals surface area contributed by atoms with E-state index in [2.05, 4.69) is 4.98 Å². The van der Waals surface area contributed by atoms with Crippen LogP contribution >= 0.6 is 0 Å². The Bertz CT molecular complexity index is 814. The van der Waals surface area contributed by atoms with Gasteiger partial charge in [-0.3, -0.25) is 0 Å². The van der Waals surface area contributed by atoms with Crippen LogP contribution in [0.4, 0.5) is 17.6 Å². The minimum Gasteiger partial charge on any atom is -0.475 e. The molecule has 29 heavy (non-hydrogen) atoms. The summed E-state index contributed by atoms with van der Waals surface area (Å²) in [7, 11) is -3.67. The van der Waals surface area contributed by atoms with Crippen molar-refractivity contribution in [3.05, 3.63) is 30.2 Å². The first-order valence-corrected chi connectivity index (χ1v) is 9.41. The van der Waals surface area contributed by atoms with E-state index in [0.717, 1.165) is 0 Å². The number of hydrogen-bond acceptors (Lipinski definition) is 7. The molecule has 0 spiro atoms. The van der Waals surface area contributed by atoms with Gasteiger partial charge in [0.2, 0.25) is 15.9 Å². The van der Waals surface area contributed by atoms with Crippen LogP contribution in [0.25, 0.3) is 0 Å². The van der Waals surface area contributed by atoms with Crippen LogP contribution in [0, 0.1) is 0 Å². The van der Waals surface area contributed by atoms with Crippen LogP contribution in [0.1, 0.15) is 6.42 Å². The molecule has 1 aromatic rings. The summed E-state index contributed by atoms with van der Waals surface area (Å²) in [5, 5.41) is 16.6. The molecule has 1 aliphatic heterocycles. The Morgan fingerprint density at radius 1 is 1.41 bits per heavy atom. The van der Waals surface area contributed by atoms with Gasteiger partial charge < -0.3 is 20.7 Å². The number of carboxylic acid groups (broad SMARTS) is 1. The van der Waals surface area contributed by atoms with Crippen molar-refractivity contribution in [3.63, 3.8) is 0 Å². The number of alkyl halides is 3. The van der Waals surface area contributed by atoms with Gasteiger partial charge in [-0.05, 0) is 12.5 Å². The standard InChI is InChI=1S/C13H18FN3O4S.C2HF3O2/c14-5-10(6-15)9-21-13-2-1-12(7-16-13)22(19,20)17-4-3-11(18)8-17;3-2(4,5)1(6)7/h1-2,5,7,11,18H,3-4,6,8-9,15H2;(H,6,7)/b10-5+;/t11-;/m1./s1. The number of hydrogen-bond donors (Lipinski definition) is 3. The number of aliphatic carboxylic acids is 1. The highest BCUT2D eigenvalue weighted by molar-refractivity contribution is 7.89. The Morgan fingerprint density at radius 3 is 2.41 bits per heavy atom. The quantitative estimate of drug-likeness (QED) is 0.542. The molecule has 9 nitrogen and oxygen atoms in total. The van der Waals surface area contributed by atoms with Crippen LogP contribution in [0.15, 0.2) is 35.1 Å². The first-order chi connectivity index (χ1) is 13.4. The summed E-state index contributed by atoms with van der Waals surface area (Å²) in [6.07, 6.45) is -3.74. The van der Waals surface area contributed by atoms with E-state index in [1.165, 1.54) is 22.6 Å². The van der Waals surface area contributed by atoms with E-state index in [0.29, 0.717) is 12.8 Å². The van der Waals surface area contributed by atoms with Gasteiger partial charge in [-0.2, -0.15) is 17.5 Å². The summed E-state index contributed by atoms with van der Waals surface area (Å²) in [5.41, 5.74) is 5.56. The van der Waals surface area contributed by atoms with Crippen molar-refractivity contribution in [2.75, 3.05) is 26.2 Å². The fourth-order valence-electron chi connectivity index (χ4n) is 1.98. The summed E-state index contributed by atoms with van der Waals surface area (Å²) in [6, 6.07) is 2.76. The maximum Gasteiger partial charge on any atom is 0.490 e. The Labute approximate surface area is 163 Å². The number of carboxylic acids is 1. The van der Waals surface area contributed by atoms with Crippen LogP contribution in [-0.4, -0.2) is 72.4 Å². The fourth-order valence-corrected chi connectivity index (χ4v) is 3.42. The topological polar surface area (TPSA) is 143 Å². The third kappa shape index (κ3) is 7.56. The van der Waals surface area contributed by atoms with E-state index >= 15 is 0 Å². The molecule has 1 atom stereocenters. The third-order valence-electron chi connectivity index (χ3n) is 3.54. The number of nitrogens with two attached hydrogens (primary N) is 1. The average Bonchev–Trinajstić information content (AvgIpc) is 3.10. The van der Waals surface area contributed by atoms with Gasteiger partial charge in [0.05, 0.1) is 18.6 Å². The van der Waals surface area contributed by atoms with Crippen LogP contribution in [-0.2, 0) is 14.8 Å². The Hall–Kier alpha value is -2.29. The molecule has 2 heterocycles. The van der Waals surface area contributed by atoms with Gasteiger partial charge in [-0.1, -0.05) is 0 Å². The van der Waals surface area contributed by atoms with Gasteiger partial charge in [-0.25, -0.2) is 22.6 Å². The first-order valence-electron chi connectivity index (χ1n) is 7.97. The number of aromatic nitrogens is 1. The zero-order valence-electron chi connectivity index (χ0n) is 14.8. The van der Waals surface area contributed by atoms with E-state index in [4.69, 9.17) is 20.4 Å². The minimum absolute atomic E-state index is 0.0223. The highest BCUT2D eigenvalue weighted by atomic mass is 32.2. The summed E-state index contributed by atoms with van der Waals surface area (Å²) < 4.78 is 75.1. The van der Waals surface area contributed by atoms with Crippen molar-refractivity contribution in [2.45, 2.75) is 23.6 Å². The van der Waals surface area contributed by atoms with Gasteiger partial charge in [0.15, 0.2) is 0 Å². The molecule has 0 amide bonds. The summed E-state index contributed by atoms with van der Waals surface area (Å²) in [5.74, 6) is -2.58. The number of ether oxygens (including phenoxy) is 1. The highest BCUT2D eigenvalue weighted by Crippen LogP contribution is 2.21. The Balaban J connectivity index is 0.000000516. The molecule has 1 aliphatic rings. The van der Waals surface area contributed by atoms with Crippen molar-refractivity contribution in [1.29, 1.82) is 0 Å². The second kappa shape index (κ2) is 10.5. The van der Waals surface area contributed by atoms with Crippen LogP contribution in [0.3, 0.4) is 0 Å². The van der Waals surface area contributed by atoms with Crippen molar-refractivity contribution >= 4 is 16.0 Å². The number of nitrogens with zero attached hydrogens (tertiary/aromatic N) is 2. The van der Waals surface area contributed by atoms with Crippen molar-refractivity contribution < 1.29 is 45.7 Å². The number of β-amino-alcohol motifs (C(OH)–C–C–N with tert-alkyl or cyclic N) is 1. The first kappa shape index (κ1) is 24.7. The maximum absolute atomic E-state index is 12.3. The second-order valence-corrected chi connectivity index (χ2v) is 7.64. The zero-order valence-corrected chi connectivity index (χ0v) is 15.7. The molecule has 164 valence electrons. The van der Waals surface area contributed by atoms with Gasteiger partial charge in [0, 0.05) is 31.3 Å². The van der Waals surface area contributed by atoms with Crippen LogP contribution in [0.5, 0.6) is 5.88 Å². The number of halogens is 4. The lowest BCUT2D eigenvalue weighted by Crippen LogP contribution is -2.29. The van der Waals surface area contributed by atoms with E-state index in [9.17, 15) is 31.1 Å². The van der Waals surface area contributed by atoms with Crippen LogP contribution < -0.4 is 10.5 Å². The number of sulfonamides is 1. The van der Waals surface area contributed by atoms with E-state index in [1.807, 2.05) is 0 Å². The normalized spacial score (nSPS) is 18.1. The lowest BCUT2D eigenvalue weighted by Gasteiger charge is -2.15.